The maximum absolute atomic E-state index is 12.9. The van der Waals surface area contributed by atoms with Crippen LogP contribution in [0.1, 0.15) is 23.1 Å². The van der Waals surface area contributed by atoms with Gasteiger partial charge in [-0.05, 0) is 60.3 Å². The first-order chi connectivity index (χ1) is 16.9. The van der Waals surface area contributed by atoms with E-state index in [1.165, 1.54) is 11.1 Å². The van der Waals surface area contributed by atoms with Crippen molar-refractivity contribution in [1.82, 2.24) is 14.2 Å². The van der Waals surface area contributed by atoms with Crippen LogP contribution in [0.5, 0.6) is 0 Å². The van der Waals surface area contributed by atoms with Crippen molar-refractivity contribution in [2.24, 2.45) is 0 Å². The Morgan fingerprint density at radius 2 is 1.77 bits per heavy atom. The van der Waals surface area contributed by atoms with Gasteiger partial charge in [-0.25, -0.2) is 13.1 Å². The molecular weight excluding hydrogens is 502 g/mol. The highest BCUT2D eigenvalue weighted by atomic mass is 35.5. The molecule has 0 saturated heterocycles. The van der Waals surface area contributed by atoms with Gasteiger partial charge >= 0.3 is 4.87 Å². The Morgan fingerprint density at radius 1 is 1.00 bits per heavy atom. The highest BCUT2D eigenvalue weighted by Gasteiger charge is 2.18. The van der Waals surface area contributed by atoms with Gasteiger partial charge in [-0.1, -0.05) is 65.4 Å². The number of hydrogen-bond acceptors (Lipinski definition) is 5. The van der Waals surface area contributed by atoms with Crippen LogP contribution in [0.3, 0.4) is 0 Å². The first-order valence-electron chi connectivity index (χ1n) is 11.6. The summed E-state index contributed by atoms with van der Waals surface area (Å²) >= 11 is 7.30. The molecule has 4 aromatic rings. The predicted octanol–water partition coefficient (Wildman–Crippen LogP) is 4.49. The minimum Gasteiger partial charge on any atom is -0.299 e. The molecule has 35 heavy (non-hydrogen) atoms. The van der Waals surface area contributed by atoms with Crippen molar-refractivity contribution in [3.63, 3.8) is 0 Å². The summed E-state index contributed by atoms with van der Waals surface area (Å²) in [5.74, 6) is 0. The van der Waals surface area contributed by atoms with Gasteiger partial charge in [0.25, 0.3) is 0 Å². The lowest BCUT2D eigenvalue weighted by Gasteiger charge is -2.28. The van der Waals surface area contributed by atoms with E-state index >= 15 is 0 Å². The molecule has 0 atom stereocenters. The fraction of sp³-hybridized carbons (Fsp3) is 0.269. The summed E-state index contributed by atoms with van der Waals surface area (Å²) in [7, 11) is -3.67. The average Bonchev–Trinajstić information content (AvgIpc) is 3.17. The zero-order chi connectivity index (χ0) is 24.4. The van der Waals surface area contributed by atoms with Gasteiger partial charge in [0, 0.05) is 24.7 Å². The van der Waals surface area contributed by atoms with Crippen LogP contribution in [-0.4, -0.2) is 37.5 Å². The van der Waals surface area contributed by atoms with Gasteiger partial charge in [0.2, 0.25) is 10.0 Å². The quantitative estimate of drug-likeness (QED) is 0.343. The summed E-state index contributed by atoms with van der Waals surface area (Å²) in [6.07, 6.45) is 1.76. The number of sulfonamides is 1. The summed E-state index contributed by atoms with van der Waals surface area (Å²) in [6.45, 7) is 3.43. The molecule has 0 saturated carbocycles. The Balaban J connectivity index is 1.22. The maximum atomic E-state index is 12.9. The van der Waals surface area contributed by atoms with Crippen LogP contribution in [0, 0.1) is 0 Å². The Labute approximate surface area is 213 Å². The zero-order valence-electron chi connectivity index (χ0n) is 19.1. The first-order valence-corrected chi connectivity index (χ1v) is 14.2. The van der Waals surface area contributed by atoms with E-state index in [9.17, 15) is 13.2 Å². The van der Waals surface area contributed by atoms with Crippen LogP contribution in [0.2, 0.25) is 5.02 Å². The molecule has 1 aliphatic rings. The SMILES string of the molecule is O=c1sc2cc(S(=O)(=O)NCCCN3CCc4ccccc4C3)ccc2n1Cc1ccccc1Cl. The van der Waals surface area contributed by atoms with Crippen molar-refractivity contribution in [2.45, 2.75) is 30.8 Å². The molecule has 1 N–H and O–H groups in total. The monoisotopic (exact) mass is 527 g/mol. The van der Waals surface area contributed by atoms with Gasteiger partial charge in [-0.15, -0.1) is 0 Å². The van der Waals surface area contributed by atoms with Gasteiger partial charge in [-0.2, -0.15) is 0 Å². The van der Waals surface area contributed by atoms with E-state index in [1.807, 2.05) is 18.2 Å². The van der Waals surface area contributed by atoms with Crippen molar-refractivity contribution < 1.29 is 8.42 Å². The number of nitrogens with one attached hydrogen (secondary N) is 1. The van der Waals surface area contributed by atoms with Gasteiger partial charge in [-0.3, -0.25) is 14.3 Å². The number of rotatable bonds is 8. The topological polar surface area (TPSA) is 71.4 Å². The molecule has 0 spiro atoms. The van der Waals surface area contributed by atoms with Crippen molar-refractivity contribution in [2.75, 3.05) is 19.6 Å². The third kappa shape index (κ3) is 5.37. The van der Waals surface area contributed by atoms with Crippen LogP contribution in [0.15, 0.2) is 76.4 Å². The van der Waals surface area contributed by atoms with Gasteiger partial charge < -0.3 is 0 Å². The second-order valence-corrected chi connectivity index (χ2v) is 11.9. The third-order valence-corrected chi connectivity index (χ3v) is 9.16. The summed E-state index contributed by atoms with van der Waals surface area (Å²) in [4.78, 5) is 15.0. The van der Waals surface area contributed by atoms with Gasteiger partial charge in [0.1, 0.15) is 0 Å². The summed E-state index contributed by atoms with van der Waals surface area (Å²) < 4.78 is 30.8. The highest BCUT2D eigenvalue weighted by molar-refractivity contribution is 7.89. The average molecular weight is 528 g/mol. The number of thiazole rings is 1. The highest BCUT2D eigenvalue weighted by Crippen LogP contribution is 2.24. The molecule has 0 unspecified atom stereocenters. The molecule has 5 rings (SSSR count). The molecule has 2 heterocycles. The normalized spacial score (nSPS) is 14.3. The summed E-state index contributed by atoms with van der Waals surface area (Å²) in [5.41, 5.74) is 4.30. The smallest absolute Gasteiger partial charge is 0.299 e. The lowest BCUT2D eigenvalue weighted by Crippen LogP contribution is -2.33. The number of nitrogens with zero attached hydrogens (tertiary/aromatic N) is 2. The molecule has 0 amide bonds. The van der Waals surface area contributed by atoms with Crippen LogP contribution in [0.25, 0.3) is 10.2 Å². The van der Waals surface area contributed by atoms with Crippen molar-refractivity contribution in [1.29, 1.82) is 0 Å². The van der Waals surface area contributed by atoms with Crippen LogP contribution in [0.4, 0.5) is 0 Å². The van der Waals surface area contributed by atoms with E-state index in [-0.39, 0.29) is 9.77 Å². The Kier molecular flexibility index (Phi) is 7.09. The summed E-state index contributed by atoms with van der Waals surface area (Å²) in [6, 6.07) is 20.7. The molecule has 9 heteroatoms. The molecule has 0 aliphatic carbocycles. The number of hydrogen-bond donors (Lipinski definition) is 1. The largest absolute Gasteiger partial charge is 0.308 e. The number of benzene rings is 3. The fourth-order valence-electron chi connectivity index (χ4n) is 4.50. The van der Waals surface area contributed by atoms with Crippen molar-refractivity contribution in [3.05, 3.63) is 98.1 Å². The molecular formula is C26H26ClN3O3S2. The number of aromatic nitrogens is 1. The second kappa shape index (κ2) is 10.2. The molecule has 0 fully saturated rings. The number of halogens is 1. The molecule has 3 aromatic carbocycles. The standard InChI is InChI=1S/C26H26ClN3O3S2/c27-23-9-4-3-8-21(23)18-30-24-11-10-22(16-25(24)34-26(30)31)35(32,33)28-13-5-14-29-15-12-19-6-1-2-7-20(19)17-29/h1-4,6-11,16,28H,5,12-15,17-18H2. The molecule has 0 bridgehead atoms. The minimum absolute atomic E-state index is 0.148. The molecule has 1 aliphatic heterocycles. The zero-order valence-corrected chi connectivity index (χ0v) is 21.5. The lowest BCUT2D eigenvalue weighted by atomic mass is 10.00. The fourth-order valence-corrected chi connectivity index (χ4v) is 6.80. The van der Waals surface area contributed by atoms with Gasteiger partial charge in [0.15, 0.2) is 0 Å². The van der Waals surface area contributed by atoms with E-state index in [2.05, 4.69) is 33.9 Å². The van der Waals surface area contributed by atoms with E-state index in [1.54, 1.807) is 28.8 Å². The van der Waals surface area contributed by atoms with Crippen molar-refractivity contribution in [3.8, 4) is 0 Å². The van der Waals surface area contributed by atoms with Gasteiger partial charge in [0.05, 0.1) is 21.7 Å². The minimum atomic E-state index is -3.67. The molecule has 6 nitrogen and oxygen atoms in total. The van der Waals surface area contributed by atoms with E-state index in [0.29, 0.717) is 28.3 Å². The second-order valence-electron chi connectivity index (χ2n) is 8.72. The van der Waals surface area contributed by atoms with E-state index < -0.39 is 10.0 Å². The number of fused-ring (bicyclic) bond motifs is 2. The predicted molar refractivity (Wildman–Crippen MR) is 142 cm³/mol. The third-order valence-electron chi connectivity index (χ3n) is 6.39. The first kappa shape index (κ1) is 24.2. The van der Waals surface area contributed by atoms with Crippen LogP contribution < -0.4 is 9.60 Å². The Bertz CT molecular complexity index is 1530. The summed E-state index contributed by atoms with van der Waals surface area (Å²) in [5, 5.41) is 0.593. The maximum Gasteiger partial charge on any atom is 0.308 e. The van der Waals surface area contributed by atoms with E-state index in [4.69, 9.17) is 11.6 Å². The van der Waals surface area contributed by atoms with Crippen LogP contribution in [-0.2, 0) is 29.5 Å². The van der Waals surface area contributed by atoms with Crippen molar-refractivity contribution >= 4 is 43.2 Å². The molecule has 0 radical (unpaired) electrons. The molecule has 182 valence electrons. The Hall–Kier alpha value is -2.49. The van der Waals surface area contributed by atoms with E-state index in [0.717, 1.165) is 49.4 Å². The molecule has 1 aromatic heterocycles. The van der Waals surface area contributed by atoms with Crippen LogP contribution >= 0.6 is 22.9 Å². The Morgan fingerprint density at radius 3 is 2.60 bits per heavy atom. The lowest BCUT2D eigenvalue weighted by molar-refractivity contribution is 0.251.